The first-order valence-electron chi connectivity index (χ1n) is 6.86. The Hall–Kier alpha value is -1.94. The molecule has 0 aliphatic carbocycles. The van der Waals surface area contributed by atoms with Crippen molar-refractivity contribution in [2.24, 2.45) is 0 Å². The Labute approximate surface area is 123 Å². The first kappa shape index (κ1) is 15.4. The fraction of sp³-hybridized carbons (Fsp3) is 0.294. The van der Waals surface area contributed by atoms with E-state index in [2.05, 4.69) is 5.32 Å². The molecule has 0 aliphatic rings. The highest BCUT2D eigenvalue weighted by Gasteiger charge is 2.15. The van der Waals surface area contributed by atoms with Crippen LogP contribution in [0.25, 0.3) is 0 Å². The third-order valence-electron chi connectivity index (χ3n) is 3.54. The van der Waals surface area contributed by atoms with Gasteiger partial charge in [0.15, 0.2) is 0 Å². The Balaban J connectivity index is 2.08. The third kappa shape index (κ3) is 3.79. The second-order valence-electron chi connectivity index (χ2n) is 5.05. The lowest BCUT2D eigenvalue weighted by Crippen LogP contribution is -2.23. The van der Waals surface area contributed by atoms with Gasteiger partial charge in [-0.2, -0.15) is 0 Å². The van der Waals surface area contributed by atoms with Crippen LogP contribution >= 0.6 is 0 Å². The number of methoxy groups -OCH3 is 1. The maximum atomic E-state index is 13.8. The first-order chi connectivity index (χ1) is 10.0. The molecule has 112 valence electrons. The van der Waals surface area contributed by atoms with E-state index in [1.165, 1.54) is 12.1 Å². The fourth-order valence-electron chi connectivity index (χ4n) is 2.31. The van der Waals surface area contributed by atoms with Crippen molar-refractivity contribution < 1.29 is 13.5 Å². The average Bonchev–Trinajstić information content (AvgIpc) is 2.47. The molecular formula is C17H19F2NO. The van der Waals surface area contributed by atoms with Crippen LogP contribution in [0.5, 0.6) is 5.75 Å². The zero-order chi connectivity index (χ0) is 15.4. The van der Waals surface area contributed by atoms with Gasteiger partial charge in [0.05, 0.1) is 7.11 Å². The number of hydrogen-bond acceptors (Lipinski definition) is 2. The Kier molecular flexibility index (Phi) is 4.91. The molecule has 0 aromatic heterocycles. The highest BCUT2D eigenvalue weighted by molar-refractivity contribution is 5.29. The van der Waals surface area contributed by atoms with Gasteiger partial charge in [0, 0.05) is 23.7 Å². The third-order valence-corrected chi connectivity index (χ3v) is 3.54. The van der Waals surface area contributed by atoms with Crippen LogP contribution in [-0.4, -0.2) is 7.11 Å². The van der Waals surface area contributed by atoms with Crippen LogP contribution in [-0.2, 0) is 0 Å². The fourth-order valence-corrected chi connectivity index (χ4v) is 2.31. The van der Waals surface area contributed by atoms with Crippen molar-refractivity contribution in [2.45, 2.75) is 25.9 Å². The lowest BCUT2D eigenvalue weighted by molar-refractivity contribution is 0.414. The van der Waals surface area contributed by atoms with Crippen molar-refractivity contribution in [1.82, 2.24) is 5.32 Å². The average molecular weight is 291 g/mol. The molecule has 0 amide bonds. The molecule has 0 heterocycles. The van der Waals surface area contributed by atoms with E-state index < -0.39 is 11.6 Å². The molecule has 0 spiro atoms. The standard InChI is InChI=1S/C17H19F2NO/c1-11(13-4-7-15(21-3)8-5-13)20-12(2)16-9-6-14(18)10-17(16)19/h4-12,20H,1-3H3. The molecule has 0 aliphatic heterocycles. The van der Waals surface area contributed by atoms with Gasteiger partial charge in [0.1, 0.15) is 17.4 Å². The number of benzene rings is 2. The highest BCUT2D eigenvalue weighted by Crippen LogP contribution is 2.23. The summed E-state index contributed by atoms with van der Waals surface area (Å²) in [5.41, 5.74) is 1.53. The quantitative estimate of drug-likeness (QED) is 0.882. The molecule has 0 bridgehead atoms. The van der Waals surface area contributed by atoms with E-state index in [0.717, 1.165) is 17.4 Å². The SMILES string of the molecule is COc1ccc(C(C)NC(C)c2ccc(F)cc2F)cc1. The summed E-state index contributed by atoms with van der Waals surface area (Å²) in [6, 6.07) is 11.2. The molecule has 2 nitrogen and oxygen atoms in total. The van der Waals surface area contributed by atoms with Crippen molar-refractivity contribution in [3.8, 4) is 5.75 Å². The molecule has 2 rings (SSSR count). The summed E-state index contributed by atoms with van der Waals surface area (Å²) < 4.78 is 31.8. The summed E-state index contributed by atoms with van der Waals surface area (Å²) in [5.74, 6) is -0.299. The molecule has 0 saturated heterocycles. The molecule has 2 aromatic rings. The number of halogens is 2. The molecule has 0 saturated carbocycles. The Bertz CT molecular complexity index is 598. The van der Waals surface area contributed by atoms with Gasteiger partial charge in [-0.15, -0.1) is 0 Å². The molecule has 2 atom stereocenters. The molecule has 2 aromatic carbocycles. The summed E-state index contributed by atoms with van der Waals surface area (Å²) in [6.07, 6.45) is 0. The summed E-state index contributed by atoms with van der Waals surface area (Å²) in [4.78, 5) is 0. The van der Waals surface area contributed by atoms with Crippen molar-refractivity contribution in [2.75, 3.05) is 7.11 Å². The van der Waals surface area contributed by atoms with Gasteiger partial charge in [0.2, 0.25) is 0 Å². The summed E-state index contributed by atoms with van der Waals surface area (Å²) in [5, 5.41) is 3.31. The van der Waals surface area contributed by atoms with E-state index in [-0.39, 0.29) is 12.1 Å². The van der Waals surface area contributed by atoms with E-state index >= 15 is 0 Å². The zero-order valence-corrected chi connectivity index (χ0v) is 12.4. The van der Waals surface area contributed by atoms with Crippen LogP contribution in [0.15, 0.2) is 42.5 Å². The minimum atomic E-state index is -0.563. The van der Waals surface area contributed by atoms with E-state index in [4.69, 9.17) is 4.74 Å². The largest absolute Gasteiger partial charge is 0.497 e. The second kappa shape index (κ2) is 6.68. The first-order valence-corrected chi connectivity index (χ1v) is 6.86. The van der Waals surface area contributed by atoms with Crippen molar-refractivity contribution in [3.05, 3.63) is 65.2 Å². The van der Waals surface area contributed by atoms with E-state index in [1.807, 2.05) is 38.1 Å². The lowest BCUT2D eigenvalue weighted by Gasteiger charge is -2.21. The van der Waals surface area contributed by atoms with Crippen LogP contribution in [0, 0.1) is 11.6 Å². The number of ether oxygens (including phenoxy) is 1. The summed E-state index contributed by atoms with van der Waals surface area (Å²) in [7, 11) is 1.62. The van der Waals surface area contributed by atoms with Crippen LogP contribution in [0.2, 0.25) is 0 Å². The monoisotopic (exact) mass is 291 g/mol. The molecule has 21 heavy (non-hydrogen) atoms. The predicted octanol–water partition coefficient (Wildman–Crippen LogP) is 4.39. The van der Waals surface area contributed by atoms with Crippen LogP contribution in [0.1, 0.15) is 37.1 Å². The van der Waals surface area contributed by atoms with Gasteiger partial charge in [-0.1, -0.05) is 18.2 Å². The van der Waals surface area contributed by atoms with Crippen LogP contribution in [0.4, 0.5) is 8.78 Å². The smallest absolute Gasteiger partial charge is 0.130 e. The van der Waals surface area contributed by atoms with Crippen LogP contribution in [0.3, 0.4) is 0 Å². The van der Waals surface area contributed by atoms with Gasteiger partial charge in [-0.25, -0.2) is 8.78 Å². The van der Waals surface area contributed by atoms with Crippen LogP contribution < -0.4 is 10.1 Å². The van der Waals surface area contributed by atoms with Crippen molar-refractivity contribution in [3.63, 3.8) is 0 Å². The normalized spacial score (nSPS) is 13.8. The van der Waals surface area contributed by atoms with Gasteiger partial charge in [-0.3, -0.25) is 0 Å². The lowest BCUT2D eigenvalue weighted by atomic mass is 10.0. The second-order valence-corrected chi connectivity index (χ2v) is 5.05. The number of nitrogens with one attached hydrogen (secondary N) is 1. The van der Waals surface area contributed by atoms with Crippen molar-refractivity contribution >= 4 is 0 Å². The zero-order valence-electron chi connectivity index (χ0n) is 12.4. The van der Waals surface area contributed by atoms with E-state index in [9.17, 15) is 8.78 Å². The van der Waals surface area contributed by atoms with Gasteiger partial charge >= 0.3 is 0 Å². The Morgan fingerprint density at radius 1 is 0.952 bits per heavy atom. The number of rotatable bonds is 5. The van der Waals surface area contributed by atoms with E-state index in [1.54, 1.807) is 7.11 Å². The van der Waals surface area contributed by atoms with Crippen molar-refractivity contribution in [1.29, 1.82) is 0 Å². The minimum absolute atomic E-state index is 0.0374. The maximum Gasteiger partial charge on any atom is 0.130 e. The summed E-state index contributed by atoms with van der Waals surface area (Å²) in [6.45, 7) is 3.86. The molecule has 2 unspecified atom stereocenters. The Morgan fingerprint density at radius 2 is 1.62 bits per heavy atom. The number of hydrogen-bond donors (Lipinski definition) is 1. The van der Waals surface area contributed by atoms with Gasteiger partial charge < -0.3 is 10.1 Å². The molecule has 0 radical (unpaired) electrons. The van der Waals surface area contributed by atoms with Gasteiger partial charge in [0.25, 0.3) is 0 Å². The molecule has 0 fully saturated rings. The summed E-state index contributed by atoms with van der Waals surface area (Å²) >= 11 is 0. The molecule has 1 N–H and O–H groups in total. The molecular weight excluding hydrogens is 272 g/mol. The van der Waals surface area contributed by atoms with E-state index in [0.29, 0.717) is 5.56 Å². The highest BCUT2D eigenvalue weighted by atomic mass is 19.1. The topological polar surface area (TPSA) is 21.3 Å². The minimum Gasteiger partial charge on any atom is -0.497 e. The molecule has 4 heteroatoms. The predicted molar refractivity (Wildman–Crippen MR) is 79.3 cm³/mol. The Morgan fingerprint density at radius 3 is 2.19 bits per heavy atom. The maximum absolute atomic E-state index is 13.8. The van der Waals surface area contributed by atoms with Gasteiger partial charge in [-0.05, 0) is 37.6 Å².